The standard InChI is InChI=1S/C12H9F4N3/c13-8-2-1-7(12(14,15)16)5-11(8)19-10-3-4-18-6-9(10)17/h1-6H,17H2,(H,18,19). The molecule has 0 aliphatic rings. The van der Waals surface area contributed by atoms with Crippen molar-refractivity contribution in [2.75, 3.05) is 11.1 Å². The first-order chi connectivity index (χ1) is 8.88. The minimum atomic E-state index is -4.53. The number of rotatable bonds is 2. The number of nitrogens with two attached hydrogens (primary N) is 1. The Hall–Kier alpha value is -2.31. The fourth-order valence-electron chi connectivity index (χ4n) is 1.46. The number of hydrogen-bond donors (Lipinski definition) is 2. The summed E-state index contributed by atoms with van der Waals surface area (Å²) < 4.78 is 51.1. The Morgan fingerprint density at radius 2 is 1.84 bits per heavy atom. The van der Waals surface area contributed by atoms with Gasteiger partial charge >= 0.3 is 6.18 Å². The summed E-state index contributed by atoms with van der Waals surface area (Å²) >= 11 is 0. The van der Waals surface area contributed by atoms with Gasteiger partial charge < -0.3 is 11.1 Å². The Morgan fingerprint density at radius 1 is 1.11 bits per heavy atom. The molecule has 1 aromatic carbocycles. The summed E-state index contributed by atoms with van der Waals surface area (Å²) in [5, 5.41) is 2.51. The Labute approximate surface area is 106 Å². The maximum atomic E-state index is 13.5. The Kier molecular flexibility index (Phi) is 3.28. The fourth-order valence-corrected chi connectivity index (χ4v) is 1.46. The van der Waals surface area contributed by atoms with Crippen LogP contribution in [0.2, 0.25) is 0 Å². The lowest BCUT2D eigenvalue weighted by Gasteiger charge is -2.12. The molecule has 3 N–H and O–H groups in total. The summed E-state index contributed by atoms with van der Waals surface area (Å²) in [7, 11) is 0. The fraction of sp³-hybridized carbons (Fsp3) is 0.0833. The van der Waals surface area contributed by atoms with Crippen molar-refractivity contribution in [2.24, 2.45) is 0 Å². The molecule has 0 radical (unpaired) electrons. The van der Waals surface area contributed by atoms with Gasteiger partial charge in [0.15, 0.2) is 0 Å². The van der Waals surface area contributed by atoms with E-state index in [2.05, 4.69) is 10.3 Å². The number of nitrogens with one attached hydrogen (secondary N) is 1. The molecular weight excluding hydrogens is 262 g/mol. The molecule has 7 heteroatoms. The molecule has 0 bridgehead atoms. The lowest BCUT2D eigenvalue weighted by Crippen LogP contribution is -2.06. The summed E-state index contributed by atoms with van der Waals surface area (Å²) in [5.41, 5.74) is 4.83. The normalized spacial score (nSPS) is 11.4. The van der Waals surface area contributed by atoms with Crippen LogP contribution < -0.4 is 11.1 Å². The molecule has 0 aliphatic carbocycles. The number of nitrogen functional groups attached to an aromatic ring is 1. The van der Waals surface area contributed by atoms with Crippen LogP contribution in [0.25, 0.3) is 0 Å². The van der Waals surface area contributed by atoms with Crippen LogP contribution >= 0.6 is 0 Å². The van der Waals surface area contributed by atoms with Crippen LogP contribution in [-0.4, -0.2) is 4.98 Å². The molecule has 0 unspecified atom stereocenters. The molecule has 0 saturated heterocycles. The van der Waals surface area contributed by atoms with Gasteiger partial charge in [-0.05, 0) is 24.3 Å². The van der Waals surface area contributed by atoms with E-state index in [-0.39, 0.29) is 17.1 Å². The molecule has 1 aromatic heterocycles. The first kappa shape index (κ1) is 13.1. The van der Waals surface area contributed by atoms with Gasteiger partial charge in [-0.15, -0.1) is 0 Å². The van der Waals surface area contributed by atoms with E-state index < -0.39 is 17.6 Å². The average Bonchev–Trinajstić information content (AvgIpc) is 2.33. The first-order valence-electron chi connectivity index (χ1n) is 5.21. The van der Waals surface area contributed by atoms with Gasteiger partial charge in [-0.1, -0.05) is 0 Å². The van der Waals surface area contributed by atoms with Crippen molar-refractivity contribution < 1.29 is 17.6 Å². The summed E-state index contributed by atoms with van der Waals surface area (Å²) in [4.78, 5) is 3.73. The topological polar surface area (TPSA) is 50.9 Å². The van der Waals surface area contributed by atoms with E-state index >= 15 is 0 Å². The molecule has 0 amide bonds. The van der Waals surface area contributed by atoms with Crippen molar-refractivity contribution in [1.82, 2.24) is 4.98 Å². The second-order valence-electron chi connectivity index (χ2n) is 3.78. The molecule has 19 heavy (non-hydrogen) atoms. The largest absolute Gasteiger partial charge is 0.416 e. The van der Waals surface area contributed by atoms with Crippen molar-refractivity contribution in [3.8, 4) is 0 Å². The van der Waals surface area contributed by atoms with Crippen LogP contribution in [0.3, 0.4) is 0 Å². The predicted molar refractivity (Wildman–Crippen MR) is 63.3 cm³/mol. The second kappa shape index (κ2) is 4.75. The molecule has 2 rings (SSSR count). The molecule has 0 fully saturated rings. The number of anilines is 3. The summed E-state index contributed by atoms with van der Waals surface area (Å²) in [6.45, 7) is 0. The molecule has 3 nitrogen and oxygen atoms in total. The van der Waals surface area contributed by atoms with Crippen LogP contribution in [0.15, 0.2) is 36.7 Å². The lowest BCUT2D eigenvalue weighted by atomic mass is 10.2. The molecule has 100 valence electrons. The number of aromatic nitrogens is 1. The van der Waals surface area contributed by atoms with E-state index in [4.69, 9.17) is 5.73 Å². The maximum absolute atomic E-state index is 13.5. The van der Waals surface area contributed by atoms with Gasteiger partial charge in [0.05, 0.1) is 28.8 Å². The zero-order chi connectivity index (χ0) is 14.0. The lowest BCUT2D eigenvalue weighted by molar-refractivity contribution is -0.137. The average molecular weight is 271 g/mol. The van der Waals surface area contributed by atoms with Crippen molar-refractivity contribution in [3.63, 3.8) is 0 Å². The van der Waals surface area contributed by atoms with Crippen molar-refractivity contribution in [2.45, 2.75) is 6.18 Å². The number of benzene rings is 1. The second-order valence-corrected chi connectivity index (χ2v) is 3.78. The predicted octanol–water partition coefficient (Wildman–Crippen LogP) is 3.57. The van der Waals surface area contributed by atoms with Crippen molar-refractivity contribution >= 4 is 17.1 Å². The third-order valence-electron chi connectivity index (χ3n) is 2.41. The molecule has 0 spiro atoms. The smallest absolute Gasteiger partial charge is 0.396 e. The van der Waals surface area contributed by atoms with Gasteiger partial charge in [-0.2, -0.15) is 13.2 Å². The zero-order valence-electron chi connectivity index (χ0n) is 9.50. The highest BCUT2D eigenvalue weighted by Crippen LogP contribution is 2.33. The number of hydrogen-bond acceptors (Lipinski definition) is 3. The number of nitrogens with zero attached hydrogens (tertiary/aromatic N) is 1. The minimum absolute atomic E-state index is 0.208. The molecule has 1 heterocycles. The number of halogens is 4. The Morgan fingerprint density at radius 3 is 2.47 bits per heavy atom. The van der Waals surface area contributed by atoms with Gasteiger partial charge in [0.25, 0.3) is 0 Å². The maximum Gasteiger partial charge on any atom is 0.416 e. The van der Waals surface area contributed by atoms with E-state index in [0.717, 1.165) is 6.07 Å². The highest BCUT2D eigenvalue weighted by atomic mass is 19.4. The molecule has 0 aliphatic heterocycles. The van der Waals surface area contributed by atoms with Crippen LogP contribution in [0.5, 0.6) is 0 Å². The van der Waals surface area contributed by atoms with Crippen LogP contribution in [0, 0.1) is 5.82 Å². The third-order valence-corrected chi connectivity index (χ3v) is 2.41. The summed E-state index contributed by atoms with van der Waals surface area (Å²) in [6, 6.07) is 3.56. The quantitative estimate of drug-likeness (QED) is 0.821. The Balaban J connectivity index is 2.38. The first-order valence-corrected chi connectivity index (χ1v) is 5.21. The van der Waals surface area contributed by atoms with Crippen molar-refractivity contribution in [1.29, 1.82) is 0 Å². The number of alkyl halides is 3. The SMILES string of the molecule is Nc1cnccc1Nc1cc(C(F)(F)F)ccc1F. The van der Waals surface area contributed by atoms with Crippen LogP contribution in [-0.2, 0) is 6.18 Å². The van der Waals surface area contributed by atoms with E-state index in [9.17, 15) is 17.6 Å². The van der Waals surface area contributed by atoms with Crippen LogP contribution in [0.4, 0.5) is 34.6 Å². The third kappa shape index (κ3) is 2.93. The summed E-state index contributed by atoms with van der Waals surface area (Å²) in [5.74, 6) is -0.802. The van der Waals surface area contributed by atoms with E-state index in [1.807, 2.05) is 0 Å². The van der Waals surface area contributed by atoms with E-state index in [0.29, 0.717) is 12.1 Å². The molecule has 2 aromatic rings. The monoisotopic (exact) mass is 271 g/mol. The molecule has 0 saturated carbocycles. The van der Waals surface area contributed by atoms with E-state index in [1.54, 1.807) is 0 Å². The molecule has 0 atom stereocenters. The van der Waals surface area contributed by atoms with Gasteiger partial charge in [-0.25, -0.2) is 4.39 Å². The van der Waals surface area contributed by atoms with Crippen LogP contribution in [0.1, 0.15) is 5.56 Å². The van der Waals surface area contributed by atoms with E-state index in [1.165, 1.54) is 18.5 Å². The summed E-state index contributed by atoms with van der Waals surface area (Å²) in [6.07, 6.45) is -1.83. The highest BCUT2D eigenvalue weighted by Gasteiger charge is 2.31. The van der Waals surface area contributed by atoms with Gasteiger partial charge in [0, 0.05) is 6.20 Å². The Bertz CT molecular complexity index is 596. The van der Waals surface area contributed by atoms with Gasteiger partial charge in [0.1, 0.15) is 5.82 Å². The number of pyridine rings is 1. The zero-order valence-corrected chi connectivity index (χ0v) is 9.50. The van der Waals surface area contributed by atoms with Crippen molar-refractivity contribution in [3.05, 3.63) is 48.0 Å². The van der Waals surface area contributed by atoms with Gasteiger partial charge in [0.2, 0.25) is 0 Å². The highest BCUT2D eigenvalue weighted by molar-refractivity contribution is 5.71. The molecular formula is C12H9F4N3. The minimum Gasteiger partial charge on any atom is -0.396 e. The van der Waals surface area contributed by atoms with Gasteiger partial charge in [-0.3, -0.25) is 4.98 Å².